The first kappa shape index (κ1) is 30.7. The molecule has 1 aliphatic heterocycles. The molecule has 6 rings (SSSR count). The molecule has 1 aliphatic rings. The van der Waals surface area contributed by atoms with E-state index in [1.165, 1.54) is 0 Å². The van der Waals surface area contributed by atoms with Crippen LogP contribution in [-0.2, 0) is 22.6 Å². The van der Waals surface area contributed by atoms with Gasteiger partial charge >= 0.3 is 0 Å². The average Bonchev–Trinajstić information content (AvgIpc) is 3.11. The summed E-state index contributed by atoms with van der Waals surface area (Å²) in [5, 5.41) is 13.2. The van der Waals surface area contributed by atoms with Crippen molar-refractivity contribution in [2.75, 3.05) is 5.75 Å². The van der Waals surface area contributed by atoms with Crippen LogP contribution >= 0.6 is 11.8 Å². The number of amides is 1. The highest BCUT2D eigenvalue weighted by Crippen LogP contribution is 2.43. The molecule has 1 amide bonds. The molecular weight excluding hydrogens is 582 g/mol. The molecule has 0 unspecified atom stereocenters. The van der Waals surface area contributed by atoms with Crippen LogP contribution in [0.2, 0.25) is 0 Å². The van der Waals surface area contributed by atoms with Gasteiger partial charge in [0.15, 0.2) is 11.4 Å². The van der Waals surface area contributed by atoms with Crippen LogP contribution in [0.3, 0.4) is 0 Å². The fourth-order valence-electron chi connectivity index (χ4n) is 5.39. The Morgan fingerprint density at radius 1 is 0.800 bits per heavy atom. The molecule has 8 heteroatoms. The van der Waals surface area contributed by atoms with Gasteiger partial charge in [-0.15, -0.1) is 0 Å². The summed E-state index contributed by atoms with van der Waals surface area (Å²) >= 11 is 1.57. The third kappa shape index (κ3) is 7.67. The van der Waals surface area contributed by atoms with E-state index in [0.717, 1.165) is 33.4 Å². The molecule has 0 radical (unpaired) electrons. The minimum atomic E-state index is -0.556. The summed E-state index contributed by atoms with van der Waals surface area (Å²) in [7, 11) is 0. The topological polar surface area (TPSA) is 93.6 Å². The van der Waals surface area contributed by atoms with E-state index in [1.807, 2.05) is 72.8 Å². The SMILES string of the molecule is C[C@@H]1[C@H](CSc2ncccn2)O[C@H](c2ccc(-c3cccc(CNC(=O)c4ccccc4)c3)cc2)O[C@@H]1c1ccc(CO)cc1. The van der Waals surface area contributed by atoms with Gasteiger partial charge in [0, 0.05) is 41.7 Å². The molecule has 5 aromatic rings. The number of rotatable bonds is 10. The Bertz CT molecular complexity index is 1690. The van der Waals surface area contributed by atoms with E-state index in [4.69, 9.17) is 9.47 Å². The van der Waals surface area contributed by atoms with Crippen LogP contribution in [0.5, 0.6) is 0 Å². The van der Waals surface area contributed by atoms with Crippen LogP contribution in [0.25, 0.3) is 11.1 Å². The van der Waals surface area contributed by atoms with Gasteiger partial charge in [-0.25, -0.2) is 9.97 Å². The molecular formula is C37H35N3O4S. The van der Waals surface area contributed by atoms with Gasteiger partial charge < -0.3 is 19.9 Å². The van der Waals surface area contributed by atoms with E-state index >= 15 is 0 Å². The number of benzene rings is 4. The Balaban J connectivity index is 1.18. The average molecular weight is 618 g/mol. The zero-order valence-corrected chi connectivity index (χ0v) is 25.8. The van der Waals surface area contributed by atoms with E-state index in [0.29, 0.717) is 23.0 Å². The molecule has 45 heavy (non-hydrogen) atoms. The summed E-state index contributed by atoms with van der Waals surface area (Å²) in [6.45, 7) is 2.59. The first-order valence-corrected chi connectivity index (χ1v) is 16.0. The highest BCUT2D eigenvalue weighted by molar-refractivity contribution is 7.99. The molecule has 0 bridgehead atoms. The lowest BCUT2D eigenvalue weighted by Crippen LogP contribution is -2.38. The van der Waals surface area contributed by atoms with E-state index in [1.54, 1.807) is 24.2 Å². The van der Waals surface area contributed by atoms with Gasteiger partial charge in [-0.2, -0.15) is 0 Å². The maximum Gasteiger partial charge on any atom is 0.251 e. The number of carbonyl (C=O) groups is 1. The molecule has 1 saturated heterocycles. The van der Waals surface area contributed by atoms with Crippen molar-refractivity contribution < 1.29 is 19.4 Å². The third-order valence-electron chi connectivity index (χ3n) is 7.97. The smallest absolute Gasteiger partial charge is 0.251 e. The minimum Gasteiger partial charge on any atom is -0.392 e. The van der Waals surface area contributed by atoms with Gasteiger partial charge in [0.05, 0.1) is 18.8 Å². The van der Waals surface area contributed by atoms with Gasteiger partial charge in [-0.3, -0.25) is 4.79 Å². The molecule has 4 aromatic carbocycles. The van der Waals surface area contributed by atoms with Gasteiger partial charge in [-0.1, -0.05) is 104 Å². The van der Waals surface area contributed by atoms with Crippen LogP contribution in [0.15, 0.2) is 127 Å². The van der Waals surface area contributed by atoms with Gasteiger partial charge in [0.2, 0.25) is 0 Å². The summed E-state index contributed by atoms with van der Waals surface area (Å²) in [5.41, 5.74) is 6.62. The molecule has 4 atom stereocenters. The van der Waals surface area contributed by atoms with Crippen LogP contribution in [0.4, 0.5) is 0 Å². The Labute approximate surface area is 267 Å². The molecule has 7 nitrogen and oxygen atoms in total. The predicted molar refractivity (Wildman–Crippen MR) is 175 cm³/mol. The van der Waals surface area contributed by atoms with Gasteiger partial charge in [0.25, 0.3) is 5.91 Å². The largest absolute Gasteiger partial charge is 0.392 e. The summed E-state index contributed by atoms with van der Waals surface area (Å²) < 4.78 is 13.2. The van der Waals surface area contributed by atoms with Crippen molar-refractivity contribution in [1.82, 2.24) is 15.3 Å². The summed E-state index contributed by atoms with van der Waals surface area (Å²) in [6.07, 6.45) is 2.63. The van der Waals surface area contributed by atoms with E-state index in [9.17, 15) is 9.90 Å². The molecule has 228 valence electrons. The number of nitrogens with zero attached hydrogens (tertiary/aromatic N) is 2. The Hall–Kier alpha value is -4.34. The quantitative estimate of drug-likeness (QED) is 0.127. The zero-order valence-electron chi connectivity index (χ0n) is 25.0. The van der Waals surface area contributed by atoms with Crippen molar-refractivity contribution in [3.05, 3.63) is 149 Å². The van der Waals surface area contributed by atoms with E-state index < -0.39 is 6.29 Å². The van der Waals surface area contributed by atoms with Gasteiger partial charge in [-0.05, 0) is 52.1 Å². The number of aliphatic hydroxyl groups excluding tert-OH is 1. The predicted octanol–water partition coefficient (Wildman–Crippen LogP) is 7.15. The fraction of sp³-hybridized carbons (Fsp3) is 0.216. The highest BCUT2D eigenvalue weighted by atomic mass is 32.2. The number of aromatic nitrogens is 2. The summed E-state index contributed by atoms with van der Waals surface area (Å²) in [4.78, 5) is 21.2. The molecule has 1 aromatic heterocycles. The minimum absolute atomic E-state index is 0.00101. The van der Waals surface area contributed by atoms with Crippen LogP contribution < -0.4 is 5.32 Å². The third-order valence-corrected chi connectivity index (χ3v) is 8.94. The number of nitrogens with one attached hydrogen (secondary N) is 1. The number of ether oxygens (including phenoxy) is 2. The zero-order chi connectivity index (χ0) is 31.0. The van der Waals surface area contributed by atoms with Crippen molar-refractivity contribution in [2.45, 2.75) is 43.7 Å². The maximum atomic E-state index is 12.5. The Morgan fingerprint density at radius 2 is 1.53 bits per heavy atom. The maximum absolute atomic E-state index is 12.5. The molecule has 0 spiro atoms. The number of aliphatic hydroxyl groups is 1. The van der Waals surface area contributed by atoms with Crippen LogP contribution in [-0.4, -0.2) is 32.8 Å². The highest BCUT2D eigenvalue weighted by Gasteiger charge is 2.38. The lowest BCUT2D eigenvalue weighted by atomic mass is 9.91. The lowest BCUT2D eigenvalue weighted by molar-refractivity contribution is -0.268. The number of hydrogen-bond acceptors (Lipinski definition) is 7. The monoisotopic (exact) mass is 617 g/mol. The second-order valence-electron chi connectivity index (χ2n) is 11.0. The van der Waals surface area contributed by atoms with Crippen LogP contribution in [0.1, 0.15) is 51.9 Å². The standard InChI is InChI=1S/C37H35N3O4S/c1-25-33(24-45-37-38-19-6-20-39-37)43-36(44-34(25)29-13-11-26(23-41)12-14-29)31-17-15-28(16-18-31)32-10-5-7-27(21-32)22-40-35(42)30-8-3-2-4-9-30/h2-21,25,33-34,36,41H,22-24H2,1H3,(H,40,42)/t25-,33+,34+,36+/m1/s1. The molecule has 0 aliphatic carbocycles. The summed E-state index contributed by atoms with van der Waals surface area (Å²) in [6, 6.07) is 35.4. The second kappa shape index (κ2) is 14.6. The van der Waals surface area contributed by atoms with Crippen molar-refractivity contribution in [1.29, 1.82) is 0 Å². The van der Waals surface area contributed by atoms with Gasteiger partial charge in [0.1, 0.15) is 0 Å². The molecule has 2 N–H and O–H groups in total. The van der Waals surface area contributed by atoms with Crippen LogP contribution in [0, 0.1) is 5.92 Å². The first-order chi connectivity index (χ1) is 22.1. The molecule has 2 heterocycles. The number of hydrogen-bond donors (Lipinski definition) is 2. The molecule has 1 fully saturated rings. The first-order valence-electron chi connectivity index (χ1n) is 15.0. The fourth-order valence-corrected chi connectivity index (χ4v) is 6.36. The lowest BCUT2D eigenvalue weighted by Gasteiger charge is -2.41. The second-order valence-corrected chi connectivity index (χ2v) is 12.0. The van der Waals surface area contributed by atoms with Crippen molar-refractivity contribution in [2.24, 2.45) is 5.92 Å². The Kier molecular flexibility index (Phi) is 9.97. The number of thioether (sulfide) groups is 1. The summed E-state index contributed by atoms with van der Waals surface area (Å²) in [5.74, 6) is 0.659. The van der Waals surface area contributed by atoms with Crippen molar-refractivity contribution in [3.8, 4) is 11.1 Å². The van der Waals surface area contributed by atoms with Crippen molar-refractivity contribution in [3.63, 3.8) is 0 Å². The van der Waals surface area contributed by atoms with Crippen molar-refractivity contribution >= 4 is 17.7 Å². The normalized spacial score (nSPS) is 19.6. The van der Waals surface area contributed by atoms with E-state index in [-0.39, 0.29) is 30.6 Å². The van der Waals surface area contributed by atoms with E-state index in [2.05, 4.69) is 58.6 Å². The molecule has 0 saturated carbocycles. The Morgan fingerprint density at radius 3 is 2.27 bits per heavy atom. The number of carbonyl (C=O) groups excluding carboxylic acids is 1.